The van der Waals surface area contributed by atoms with Crippen LogP contribution in [-0.4, -0.2) is 48.5 Å². The second-order valence-corrected chi connectivity index (χ2v) is 7.05. The molecule has 2 saturated heterocycles. The summed E-state index contributed by atoms with van der Waals surface area (Å²) in [6, 6.07) is 0. The largest absolute Gasteiger partial charge is 0.394 e. The molecule has 3 heteroatoms. The molecule has 1 aliphatic carbocycles. The smallest absolute Gasteiger partial charge is 0.0615 e. The highest BCUT2D eigenvalue weighted by atomic mass is 16.5. The van der Waals surface area contributed by atoms with Gasteiger partial charge in [-0.3, -0.25) is 4.90 Å². The van der Waals surface area contributed by atoms with E-state index in [0.717, 1.165) is 19.1 Å². The minimum atomic E-state index is 0.112. The first-order valence-corrected chi connectivity index (χ1v) is 7.62. The van der Waals surface area contributed by atoms with Crippen LogP contribution in [0, 0.1) is 11.3 Å². The fourth-order valence-corrected chi connectivity index (χ4v) is 4.38. The summed E-state index contributed by atoms with van der Waals surface area (Å²) in [7, 11) is 0. The minimum absolute atomic E-state index is 0.112. The van der Waals surface area contributed by atoms with E-state index in [1.54, 1.807) is 0 Å². The Morgan fingerprint density at radius 1 is 1.22 bits per heavy atom. The lowest BCUT2D eigenvalue weighted by Crippen LogP contribution is -2.68. The molecular formula is C15H27NO2. The second kappa shape index (κ2) is 4.77. The van der Waals surface area contributed by atoms with Gasteiger partial charge < -0.3 is 9.84 Å². The molecule has 104 valence electrons. The summed E-state index contributed by atoms with van der Waals surface area (Å²) in [5.41, 5.74) is 0.641. The van der Waals surface area contributed by atoms with Gasteiger partial charge in [-0.25, -0.2) is 0 Å². The molecule has 0 amide bonds. The first kappa shape index (κ1) is 12.9. The summed E-state index contributed by atoms with van der Waals surface area (Å²) in [5.74, 6) is 0.775. The first-order chi connectivity index (χ1) is 8.68. The van der Waals surface area contributed by atoms with Gasteiger partial charge in [-0.15, -0.1) is 0 Å². The lowest BCUT2D eigenvalue weighted by Gasteiger charge is -2.61. The number of likely N-dealkylation sites (tertiary alicyclic amines) is 1. The Morgan fingerprint density at radius 2 is 1.94 bits per heavy atom. The third-order valence-corrected chi connectivity index (χ3v) is 5.64. The fraction of sp³-hybridized carbons (Fsp3) is 1.00. The maximum absolute atomic E-state index is 9.92. The first-order valence-electron chi connectivity index (χ1n) is 7.62. The zero-order chi connectivity index (χ0) is 12.6. The van der Waals surface area contributed by atoms with Gasteiger partial charge in [-0.05, 0) is 31.6 Å². The van der Waals surface area contributed by atoms with E-state index in [4.69, 9.17) is 4.74 Å². The predicted octanol–water partition coefficient (Wildman–Crippen LogP) is 2.04. The van der Waals surface area contributed by atoms with Crippen LogP contribution in [0.1, 0.15) is 45.4 Å². The molecule has 0 bridgehead atoms. The molecule has 18 heavy (non-hydrogen) atoms. The Labute approximate surface area is 110 Å². The average Bonchev–Trinajstić information content (AvgIpc) is 2.36. The Kier molecular flexibility index (Phi) is 3.41. The number of aliphatic hydroxyl groups is 1. The van der Waals surface area contributed by atoms with Crippen molar-refractivity contribution in [1.29, 1.82) is 0 Å². The van der Waals surface area contributed by atoms with Crippen molar-refractivity contribution in [3.8, 4) is 0 Å². The molecule has 2 heterocycles. The Morgan fingerprint density at radius 3 is 2.56 bits per heavy atom. The summed E-state index contributed by atoms with van der Waals surface area (Å²) in [6.45, 7) is 6.97. The van der Waals surface area contributed by atoms with Gasteiger partial charge in [-0.2, -0.15) is 0 Å². The quantitative estimate of drug-likeness (QED) is 0.817. The van der Waals surface area contributed by atoms with Crippen LogP contribution in [-0.2, 0) is 4.74 Å². The molecule has 3 rings (SSSR count). The van der Waals surface area contributed by atoms with Crippen LogP contribution >= 0.6 is 0 Å². The van der Waals surface area contributed by atoms with Crippen molar-refractivity contribution in [2.24, 2.45) is 11.3 Å². The third kappa shape index (κ3) is 2.10. The van der Waals surface area contributed by atoms with E-state index in [9.17, 15) is 5.11 Å². The van der Waals surface area contributed by atoms with E-state index in [0.29, 0.717) is 12.0 Å². The maximum atomic E-state index is 9.92. The summed E-state index contributed by atoms with van der Waals surface area (Å²) < 4.78 is 5.48. The molecule has 1 saturated carbocycles. The molecule has 0 aromatic carbocycles. The molecule has 0 radical (unpaired) electrons. The van der Waals surface area contributed by atoms with Crippen LogP contribution < -0.4 is 0 Å². The van der Waals surface area contributed by atoms with Crippen LogP contribution in [0.2, 0.25) is 0 Å². The van der Waals surface area contributed by atoms with Crippen molar-refractivity contribution in [3.63, 3.8) is 0 Å². The zero-order valence-electron chi connectivity index (χ0n) is 11.7. The number of nitrogens with zero attached hydrogens (tertiary/aromatic N) is 1. The second-order valence-electron chi connectivity index (χ2n) is 7.05. The molecule has 3 nitrogen and oxygen atoms in total. The number of hydrogen-bond donors (Lipinski definition) is 1. The van der Waals surface area contributed by atoms with Gasteiger partial charge in [0.1, 0.15) is 0 Å². The maximum Gasteiger partial charge on any atom is 0.0615 e. The molecule has 3 aliphatic rings. The number of ether oxygens (including phenoxy) is 1. The van der Waals surface area contributed by atoms with Crippen LogP contribution in [0.5, 0.6) is 0 Å². The highest BCUT2D eigenvalue weighted by Crippen LogP contribution is 2.47. The monoisotopic (exact) mass is 253 g/mol. The van der Waals surface area contributed by atoms with Gasteiger partial charge in [0.25, 0.3) is 0 Å². The number of hydrogen-bond acceptors (Lipinski definition) is 3. The summed E-state index contributed by atoms with van der Waals surface area (Å²) in [4.78, 5) is 2.59. The van der Waals surface area contributed by atoms with Gasteiger partial charge in [0.15, 0.2) is 0 Å². The van der Waals surface area contributed by atoms with E-state index >= 15 is 0 Å². The van der Waals surface area contributed by atoms with Crippen molar-refractivity contribution in [3.05, 3.63) is 0 Å². The fourth-order valence-electron chi connectivity index (χ4n) is 4.38. The lowest BCUT2D eigenvalue weighted by atomic mass is 9.67. The summed E-state index contributed by atoms with van der Waals surface area (Å²) >= 11 is 0. The van der Waals surface area contributed by atoms with Crippen LogP contribution in [0.15, 0.2) is 0 Å². The van der Waals surface area contributed by atoms with Crippen molar-refractivity contribution < 1.29 is 9.84 Å². The standard InChI is InChI=1S/C15H27NO2/c1-13-3-2-4-15(9-13,12-17)16-10-14(11-16)5-7-18-8-6-14/h13,17H,2-12H2,1H3. The van der Waals surface area contributed by atoms with Crippen molar-refractivity contribution in [1.82, 2.24) is 4.90 Å². The van der Waals surface area contributed by atoms with E-state index in [-0.39, 0.29) is 5.54 Å². The van der Waals surface area contributed by atoms with Crippen molar-refractivity contribution in [2.75, 3.05) is 32.9 Å². The normalized spacial score (nSPS) is 40.7. The van der Waals surface area contributed by atoms with Crippen LogP contribution in [0.4, 0.5) is 0 Å². The molecule has 0 aromatic heterocycles. The van der Waals surface area contributed by atoms with Gasteiger partial charge >= 0.3 is 0 Å². The lowest BCUT2D eigenvalue weighted by molar-refractivity contribution is -0.149. The Hall–Kier alpha value is -0.120. The van der Waals surface area contributed by atoms with Gasteiger partial charge in [0.2, 0.25) is 0 Å². The van der Waals surface area contributed by atoms with E-state index in [1.165, 1.54) is 51.6 Å². The third-order valence-electron chi connectivity index (χ3n) is 5.64. The van der Waals surface area contributed by atoms with Crippen molar-refractivity contribution in [2.45, 2.75) is 51.0 Å². The molecule has 0 aromatic rings. The van der Waals surface area contributed by atoms with E-state index < -0.39 is 0 Å². The molecule has 2 atom stereocenters. The van der Waals surface area contributed by atoms with E-state index in [1.807, 2.05) is 0 Å². The number of aliphatic hydroxyl groups excluding tert-OH is 1. The van der Waals surface area contributed by atoms with Gasteiger partial charge in [0, 0.05) is 37.3 Å². The molecule has 2 aliphatic heterocycles. The molecule has 1 N–H and O–H groups in total. The minimum Gasteiger partial charge on any atom is -0.394 e. The van der Waals surface area contributed by atoms with Crippen LogP contribution in [0.25, 0.3) is 0 Å². The molecule has 3 fully saturated rings. The Balaban J connectivity index is 1.64. The van der Waals surface area contributed by atoms with Crippen LogP contribution in [0.3, 0.4) is 0 Å². The zero-order valence-corrected chi connectivity index (χ0v) is 11.7. The average molecular weight is 253 g/mol. The van der Waals surface area contributed by atoms with Gasteiger partial charge in [-0.1, -0.05) is 19.8 Å². The van der Waals surface area contributed by atoms with Gasteiger partial charge in [0.05, 0.1) is 6.61 Å². The SMILES string of the molecule is CC1CCCC(CO)(N2CC3(CCOCC3)C2)C1. The molecule has 2 unspecified atom stereocenters. The molecule has 1 spiro atoms. The highest BCUT2D eigenvalue weighted by molar-refractivity contribution is 5.05. The van der Waals surface area contributed by atoms with Crippen molar-refractivity contribution >= 4 is 0 Å². The summed E-state index contributed by atoms with van der Waals surface area (Å²) in [6.07, 6.45) is 7.46. The van der Waals surface area contributed by atoms with E-state index in [2.05, 4.69) is 11.8 Å². The summed E-state index contributed by atoms with van der Waals surface area (Å²) in [5, 5.41) is 9.92. The predicted molar refractivity (Wildman–Crippen MR) is 71.5 cm³/mol. The highest BCUT2D eigenvalue weighted by Gasteiger charge is 2.52. The Bertz CT molecular complexity index is 293. The molecular weight excluding hydrogens is 226 g/mol. The topological polar surface area (TPSA) is 32.7 Å². The number of rotatable bonds is 2.